The summed E-state index contributed by atoms with van der Waals surface area (Å²) >= 11 is 0. The van der Waals surface area contributed by atoms with Crippen LogP contribution < -0.4 is 10.2 Å². The van der Waals surface area contributed by atoms with Gasteiger partial charge >= 0.3 is 0 Å². The van der Waals surface area contributed by atoms with Crippen LogP contribution in [0.1, 0.15) is 58.3 Å². The number of hydrogen-bond acceptors (Lipinski definition) is 4. The van der Waals surface area contributed by atoms with Crippen molar-refractivity contribution in [3.63, 3.8) is 0 Å². The van der Waals surface area contributed by atoms with E-state index in [4.69, 9.17) is 0 Å². The zero-order chi connectivity index (χ0) is 22.6. The average Bonchev–Trinajstić information content (AvgIpc) is 3.42. The van der Waals surface area contributed by atoms with Crippen molar-refractivity contribution in [2.24, 2.45) is 5.92 Å². The first-order chi connectivity index (χ1) is 15.5. The number of piperidine rings is 1. The maximum atomic E-state index is 13.6. The van der Waals surface area contributed by atoms with Crippen molar-refractivity contribution in [2.45, 2.75) is 63.8 Å². The van der Waals surface area contributed by atoms with Gasteiger partial charge in [-0.3, -0.25) is 14.4 Å². The van der Waals surface area contributed by atoms with Crippen molar-refractivity contribution in [2.75, 3.05) is 37.7 Å². The van der Waals surface area contributed by atoms with E-state index < -0.39 is 5.54 Å². The van der Waals surface area contributed by atoms with Gasteiger partial charge in [-0.1, -0.05) is 43.9 Å². The van der Waals surface area contributed by atoms with Gasteiger partial charge in [0.25, 0.3) is 5.91 Å². The van der Waals surface area contributed by atoms with Crippen LogP contribution >= 0.6 is 0 Å². The quantitative estimate of drug-likeness (QED) is 0.708. The Balaban J connectivity index is 1.44. The summed E-state index contributed by atoms with van der Waals surface area (Å²) in [6, 6.07) is 9.95. The number of nitrogens with one attached hydrogen (secondary N) is 1. The van der Waals surface area contributed by atoms with Gasteiger partial charge < -0.3 is 20.0 Å². The van der Waals surface area contributed by atoms with Crippen LogP contribution in [0.4, 0.5) is 5.69 Å². The molecule has 2 aliphatic heterocycles. The molecule has 0 bridgehead atoms. The van der Waals surface area contributed by atoms with Gasteiger partial charge in [-0.15, -0.1) is 0 Å². The zero-order valence-corrected chi connectivity index (χ0v) is 19.2. The molecule has 1 aliphatic carbocycles. The van der Waals surface area contributed by atoms with Gasteiger partial charge in [0.2, 0.25) is 11.8 Å². The van der Waals surface area contributed by atoms with Gasteiger partial charge in [0, 0.05) is 31.7 Å². The van der Waals surface area contributed by atoms with Crippen molar-refractivity contribution in [1.82, 2.24) is 15.1 Å². The lowest BCUT2D eigenvalue weighted by Crippen LogP contribution is -2.57. The summed E-state index contributed by atoms with van der Waals surface area (Å²) in [5.41, 5.74) is 0.302. The average molecular weight is 441 g/mol. The number of para-hydroxylation sites is 1. The highest BCUT2D eigenvalue weighted by molar-refractivity contribution is 5.96. The van der Waals surface area contributed by atoms with Gasteiger partial charge in [-0.05, 0) is 44.2 Å². The third-order valence-corrected chi connectivity index (χ3v) is 7.47. The molecule has 1 spiro atoms. The molecule has 1 N–H and O–H groups in total. The van der Waals surface area contributed by atoms with Crippen LogP contribution in [0.3, 0.4) is 0 Å². The molecule has 0 aromatic heterocycles. The lowest BCUT2D eigenvalue weighted by molar-refractivity contribution is -0.140. The number of likely N-dealkylation sites (N-methyl/N-ethyl adjacent to an activating group) is 1. The molecule has 4 rings (SSSR count). The highest BCUT2D eigenvalue weighted by Crippen LogP contribution is 2.39. The molecule has 1 saturated carbocycles. The SMILES string of the molecule is CCNC(=O)CN1CN(c2ccccc2)C2(CCN(C(=O)CCC3CCCC3)CC2)C1=O. The van der Waals surface area contributed by atoms with Crippen molar-refractivity contribution >= 4 is 23.4 Å². The van der Waals surface area contributed by atoms with E-state index in [9.17, 15) is 14.4 Å². The van der Waals surface area contributed by atoms with Crippen LogP contribution in [-0.4, -0.2) is 65.9 Å². The fraction of sp³-hybridized carbons (Fsp3) is 0.640. The van der Waals surface area contributed by atoms with E-state index in [0.717, 1.165) is 12.1 Å². The topological polar surface area (TPSA) is 73.0 Å². The molecule has 1 aromatic rings. The Morgan fingerprint density at radius 1 is 1.09 bits per heavy atom. The molecule has 0 radical (unpaired) electrons. The maximum absolute atomic E-state index is 13.6. The summed E-state index contributed by atoms with van der Waals surface area (Å²) < 4.78 is 0. The zero-order valence-electron chi connectivity index (χ0n) is 19.2. The Bertz CT molecular complexity index is 814. The number of nitrogens with zero attached hydrogens (tertiary/aromatic N) is 3. The molecular weight excluding hydrogens is 404 g/mol. The van der Waals surface area contributed by atoms with Gasteiger partial charge in [0.1, 0.15) is 12.1 Å². The Morgan fingerprint density at radius 2 is 1.78 bits per heavy atom. The van der Waals surface area contributed by atoms with E-state index in [1.54, 1.807) is 4.90 Å². The lowest BCUT2D eigenvalue weighted by Gasteiger charge is -2.43. The summed E-state index contributed by atoms with van der Waals surface area (Å²) in [7, 11) is 0. The predicted molar refractivity (Wildman–Crippen MR) is 124 cm³/mol. The Kier molecular flexibility index (Phi) is 7.01. The third-order valence-electron chi connectivity index (χ3n) is 7.47. The van der Waals surface area contributed by atoms with E-state index in [1.165, 1.54) is 25.7 Å². The Hall–Kier alpha value is -2.57. The van der Waals surface area contributed by atoms with Gasteiger partial charge in [-0.2, -0.15) is 0 Å². The van der Waals surface area contributed by atoms with Crippen molar-refractivity contribution < 1.29 is 14.4 Å². The number of anilines is 1. The van der Waals surface area contributed by atoms with Crippen molar-refractivity contribution in [3.8, 4) is 0 Å². The number of likely N-dealkylation sites (tertiary alicyclic amines) is 1. The fourth-order valence-corrected chi connectivity index (χ4v) is 5.66. The molecule has 3 amide bonds. The number of carbonyl (C=O) groups is 3. The summed E-state index contributed by atoms with van der Waals surface area (Å²) in [6.45, 7) is 4.08. The van der Waals surface area contributed by atoms with Gasteiger partial charge in [-0.25, -0.2) is 0 Å². The van der Waals surface area contributed by atoms with E-state index in [1.807, 2.05) is 42.2 Å². The lowest BCUT2D eigenvalue weighted by atomic mass is 9.85. The first-order valence-electron chi connectivity index (χ1n) is 12.2. The minimum Gasteiger partial charge on any atom is -0.355 e. The smallest absolute Gasteiger partial charge is 0.250 e. The number of hydrogen-bond donors (Lipinski definition) is 1. The third kappa shape index (κ3) is 4.62. The van der Waals surface area contributed by atoms with E-state index >= 15 is 0 Å². The van der Waals surface area contributed by atoms with Crippen LogP contribution in [0.25, 0.3) is 0 Å². The normalized spacial score (nSPS) is 20.9. The second kappa shape index (κ2) is 9.92. The molecule has 2 heterocycles. The van der Waals surface area contributed by atoms with Gasteiger partial charge in [0.05, 0.1) is 6.67 Å². The van der Waals surface area contributed by atoms with E-state index in [0.29, 0.717) is 51.5 Å². The first kappa shape index (κ1) is 22.6. The second-order valence-corrected chi connectivity index (χ2v) is 9.46. The highest BCUT2D eigenvalue weighted by atomic mass is 16.2. The largest absolute Gasteiger partial charge is 0.355 e. The molecule has 174 valence electrons. The van der Waals surface area contributed by atoms with E-state index in [-0.39, 0.29) is 24.3 Å². The van der Waals surface area contributed by atoms with E-state index in [2.05, 4.69) is 10.2 Å². The first-order valence-corrected chi connectivity index (χ1v) is 12.2. The Morgan fingerprint density at radius 3 is 2.44 bits per heavy atom. The Labute approximate surface area is 191 Å². The molecule has 7 nitrogen and oxygen atoms in total. The molecule has 7 heteroatoms. The highest BCUT2D eigenvalue weighted by Gasteiger charge is 2.54. The minimum absolute atomic E-state index is 0.00524. The number of amides is 3. The second-order valence-electron chi connectivity index (χ2n) is 9.46. The summed E-state index contributed by atoms with van der Waals surface area (Å²) in [5, 5.41) is 2.79. The number of rotatable bonds is 7. The molecule has 0 atom stereocenters. The van der Waals surface area contributed by atoms with Crippen molar-refractivity contribution in [1.29, 1.82) is 0 Å². The predicted octanol–water partition coefficient (Wildman–Crippen LogP) is 2.76. The minimum atomic E-state index is -0.684. The molecule has 2 saturated heterocycles. The monoisotopic (exact) mass is 440 g/mol. The summed E-state index contributed by atoms with van der Waals surface area (Å²) in [4.78, 5) is 44.4. The maximum Gasteiger partial charge on any atom is 0.250 e. The number of carbonyl (C=O) groups excluding carboxylic acids is 3. The van der Waals surface area contributed by atoms with Crippen LogP contribution in [0.2, 0.25) is 0 Å². The standard InChI is InChI=1S/C25H36N4O3/c1-2-26-22(30)18-28-19-29(21-10-4-3-5-11-21)25(24(28)32)14-16-27(17-15-25)23(31)13-12-20-8-6-7-9-20/h3-5,10-11,20H,2,6-9,12-19H2,1H3,(H,26,30). The summed E-state index contributed by atoms with van der Waals surface area (Å²) in [5.74, 6) is 0.807. The van der Waals surface area contributed by atoms with Crippen molar-refractivity contribution in [3.05, 3.63) is 30.3 Å². The van der Waals surface area contributed by atoms with Crippen LogP contribution in [0, 0.1) is 5.92 Å². The molecule has 1 aromatic carbocycles. The molecule has 0 unspecified atom stereocenters. The molecule has 3 fully saturated rings. The fourth-order valence-electron chi connectivity index (χ4n) is 5.66. The molecular formula is C25H36N4O3. The van der Waals surface area contributed by atoms with Crippen LogP contribution in [0.5, 0.6) is 0 Å². The summed E-state index contributed by atoms with van der Waals surface area (Å²) in [6.07, 6.45) is 7.94. The van der Waals surface area contributed by atoms with Gasteiger partial charge in [0.15, 0.2) is 0 Å². The molecule has 3 aliphatic rings. The number of benzene rings is 1. The molecule has 32 heavy (non-hydrogen) atoms. The van der Waals surface area contributed by atoms with Crippen LogP contribution in [0.15, 0.2) is 30.3 Å². The van der Waals surface area contributed by atoms with Crippen LogP contribution in [-0.2, 0) is 14.4 Å².